The van der Waals surface area contributed by atoms with E-state index in [0.717, 1.165) is 0 Å². The molecule has 4 nitrogen and oxygen atoms in total. The minimum absolute atomic E-state index is 0.0762. The summed E-state index contributed by atoms with van der Waals surface area (Å²) in [5, 5.41) is -1.01. The maximum atomic E-state index is 11.6. The standard InChI is InChI=1S/C10H16Cl2N2O2/c1-7(11)9(15)13-3-5-14(6-4-13)10(16)8(2)12/h7-8H,3-6H2,1-2H3/t7-,8+. The Morgan fingerprint density at radius 3 is 1.31 bits per heavy atom. The zero-order valence-electron chi connectivity index (χ0n) is 9.45. The van der Waals surface area contributed by atoms with Gasteiger partial charge in [0.2, 0.25) is 11.8 Å². The van der Waals surface area contributed by atoms with Crippen molar-refractivity contribution >= 4 is 35.0 Å². The normalized spacial score (nSPS) is 20.5. The highest BCUT2D eigenvalue weighted by molar-refractivity contribution is 6.30. The first kappa shape index (κ1) is 13.6. The predicted molar refractivity (Wildman–Crippen MR) is 63.8 cm³/mol. The molecule has 1 saturated heterocycles. The molecule has 2 atom stereocenters. The molecule has 1 heterocycles. The molecule has 0 aromatic rings. The molecule has 1 aliphatic rings. The monoisotopic (exact) mass is 266 g/mol. The van der Waals surface area contributed by atoms with Gasteiger partial charge in [0.1, 0.15) is 10.8 Å². The molecule has 0 aliphatic carbocycles. The van der Waals surface area contributed by atoms with Gasteiger partial charge in [0.05, 0.1) is 0 Å². The molecule has 1 rings (SSSR count). The van der Waals surface area contributed by atoms with Crippen LogP contribution in [-0.4, -0.2) is 58.5 Å². The quantitative estimate of drug-likeness (QED) is 0.698. The van der Waals surface area contributed by atoms with Crippen LogP contribution < -0.4 is 0 Å². The fourth-order valence-corrected chi connectivity index (χ4v) is 1.93. The summed E-state index contributed by atoms with van der Waals surface area (Å²) in [5.74, 6) is -0.152. The van der Waals surface area contributed by atoms with Gasteiger partial charge in [0, 0.05) is 26.2 Å². The molecular formula is C10H16Cl2N2O2. The molecule has 1 aliphatic heterocycles. The van der Waals surface area contributed by atoms with E-state index in [1.807, 2.05) is 0 Å². The van der Waals surface area contributed by atoms with E-state index in [1.54, 1.807) is 23.6 Å². The molecule has 6 heteroatoms. The van der Waals surface area contributed by atoms with Crippen molar-refractivity contribution in [3.8, 4) is 0 Å². The van der Waals surface area contributed by atoms with Gasteiger partial charge in [0.25, 0.3) is 0 Å². The molecule has 0 spiro atoms. The molecule has 0 saturated carbocycles. The van der Waals surface area contributed by atoms with E-state index < -0.39 is 10.8 Å². The van der Waals surface area contributed by atoms with Crippen LogP contribution >= 0.6 is 23.2 Å². The molecule has 16 heavy (non-hydrogen) atoms. The van der Waals surface area contributed by atoms with Crippen LogP contribution in [0.4, 0.5) is 0 Å². The lowest BCUT2D eigenvalue weighted by molar-refractivity contribution is -0.138. The number of rotatable bonds is 2. The van der Waals surface area contributed by atoms with Gasteiger partial charge in [-0.2, -0.15) is 0 Å². The Hall–Kier alpha value is -0.480. The first-order valence-corrected chi connectivity index (χ1v) is 6.16. The van der Waals surface area contributed by atoms with Gasteiger partial charge in [-0.1, -0.05) is 0 Å². The second-order valence-corrected chi connectivity index (χ2v) is 5.19. The molecule has 1 fully saturated rings. The van der Waals surface area contributed by atoms with E-state index in [2.05, 4.69) is 0 Å². The number of alkyl halides is 2. The van der Waals surface area contributed by atoms with E-state index in [1.165, 1.54) is 0 Å². The largest absolute Gasteiger partial charge is 0.338 e. The topological polar surface area (TPSA) is 40.6 Å². The number of piperazine rings is 1. The van der Waals surface area contributed by atoms with Crippen LogP contribution in [-0.2, 0) is 9.59 Å². The molecule has 0 radical (unpaired) electrons. The molecule has 0 aromatic carbocycles. The maximum Gasteiger partial charge on any atom is 0.240 e. The number of nitrogens with zero attached hydrogens (tertiary/aromatic N) is 2. The number of amides is 2. The Kier molecular flexibility index (Phi) is 4.87. The average Bonchev–Trinajstić information content (AvgIpc) is 2.27. The number of carbonyl (C=O) groups is 2. The zero-order chi connectivity index (χ0) is 12.3. The molecule has 0 unspecified atom stereocenters. The van der Waals surface area contributed by atoms with Gasteiger partial charge in [-0.25, -0.2) is 0 Å². The van der Waals surface area contributed by atoms with Crippen LogP contribution in [0.2, 0.25) is 0 Å². The Morgan fingerprint density at radius 1 is 0.875 bits per heavy atom. The van der Waals surface area contributed by atoms with Crippen molar-refractivity contribution < 1.29 is 9.59 Å². The summed E-state index contributed by atoms with van der Waals surface area (Å²) < 4.78 is 0. The van der Waals surface area contributed by atoms with Crippen LogP contribution in [0.5, 0.6) is 0 Å². The number of hydrogen-bond donors (Lipinski definition) is 0. The lowest BCUT2D eigenvalue weighted by atomic mass is 10.2. The van der Waals surface area contributed by atoms with Gasteiger partial charge in [-0.15, -0.1) is 23.2 Å². The van der Waals surface area contributed by atoms with Crippen molar-refractivity contribution in [2.24, 2.45) is 0 Å². The molecule has 92 valence electrons. The van der Waals surface area contributed by atoms with Gasteiger partial charge in [-0.3, -0.25) is 9.59 Å². The Balaban J connectivity index is 2.45. The van der Waals surface area contributed by atoms with Crippen LogP contribution in [0.25, 0.3) is 0 Å². The summed E-state index contributed by atoms with van der Waals surface area (Å²) >= 11 is 11.4. The molecule has 0 bridgehead atoms. The summed E-state index contributed by atoms with van der Waals surface area (Å²) in [6, 6.07) is 0. The van der Waals surface area contributed by atoms with Crippen LogP contribution in [0.15, 0.2) is 0 Å². The van der Waals surface area contributed by atoms with E-state index in [-0.39, 0.29) is 11.8 Å². The average molecular weight is 267 g/mol. The van der Waals surface area contributed by atoms with Crippen LogP contribution in [0, 0.1) is 0 Å². The summed E-state index contributed by atoms with van der Waals surface area (Å²) in [7, 11) is 0. The fourth-order valence-electron chi connectivity index (χ4n) is 1.65. The van der Waals surface area contributed by atoms with E-state index >= 15 is 0 Å². The Labute approximate surface area is 105 Å². The van der Waals surface area contributed by atoms with Gasteiger partial charge in [0.15, 0.2) is 0 Å². The second-order valence-electron chi connectivity index (χ2n) is 3.88. The van der Waals surface area contributed by atoms with Crippen LogP contribution in [0.1, 0.15) is 13.8 Å². The second kappa shape index (κ2) is 5.73. The van der Waals surface area contributed by atoms with E-state index in [0.29, 0.717) is 26.2 Å². The predicted octanol–water partition coefficient (Wildman–Crippen LogP) is 0.912. The third kappa shape index (κ3) is 3.25. The highest BCUT2D eigenvalue weighted by atomic mass is 35.5. The molecule has 2 amide bonds. The lowest BCUT2D eigenvalue weighted by Crippen LogP contribution is -2.53. The minimum atomic E-state index is -0.505. The van der Waals surface area contributed by atoms with Crippen molar-refractivity contribution in [1.29, 1.82) is 0 Å². The Morgan fingerprint density at radius 2 is 1.12 bits per heavy atom. The van der Waals surface area contributed by atoms with Gasteiger partial charge >= 0.3 is 0 Å². The third-order valence-electron chi connectivity index (χ3n) is 2.58. The third-order valence-corrected chi connectivity index (χ3v) is 2.96. The molecule has 0 aromatic heterocycles. The van der Waals surface area contributed by atoms with Crippen molar-refractivity contribution in [3.63, 3.8) is 0 Å². The molecule has 0 N–H and O–H groups in total. The highest BCUT2D eigenvalue weighted by Crippen LogP contribution is 2.09. The van der Waals surface area contributed by atoms with Gasteiger partial charge < -0.3 is 9.80 Å². The van der Waals surface area contributed by atoms with Crippen molar-refractivity contribution in [2.45, 2.75) is 24.6 Å². The number of halogens is 2. The van der Waals surface area contributed by atoms with Crippen molar-refractivity contribution in [3.05, 3.63) is 0 Å². The first-order chi connectivity index (χ1) is 7.43. The van der Waals surface area contributed by atoms with Crippen molar-refractivity contribution in [2.75, 3.05) is 26.2 Å². The maximum absolute atomic E-state index is 11.6. The minimum Gasteiger partial charge on any atom is -0.338 e. The van der Waals surface area contributed by atoms with Crippen LogP contribution in [0.3, 0.4) is 0 Å². The summed E-state index contributed by atoms with van der Waals surface area (Å²) in [6.45, 7) is 5.44. The Bertz CT molecular complexity index is 246. The van der Waals surface area contributed by atoms with E-state index in [4.69, 9.17) is 23.2 Å². The summed E-state index contributed by atoms with van der Waals surface area (Å²) in [6.07, 6.45) is 0. The van der Waals surface area contributed by atoms with E-state index in [9.17, 15) is 9.59 Å². The number of hydrogen-bond acceptors (Lipinski definition) is 2. The lowest BCUT2D eigenvalue weighted by Gasteiger charge is -2.35. The summed E-state index contributed by atoms with van der Waals surface area (Å²) in [4.78, 5) is 26.5. The first-order valence-electron chi connectivity index (χ1n) is 5.29. The van der Waals surface area contributed by atoms with Gasteiger partial charge in [-0.05, 0) is 13.8 Å². The van der Waals surface area contributed by atoms with Crippen molar-refractivity contribution in [1.82, 2.24) is 9.80 Å². The fraction of sp³-hybridized carbons (Fsp3) is 0.800. The summed E-state index contributed by atoms with van der Waals surface area (Å²) in [5.41, 5.74) is 0. The SMILES string of the molecule is C[C@H](Cl)C(=O)N1CCN(C(=O)[C@@H](C)Cl)CC1. The molecular weight excluding hydrogens is 251 g/mol. The zero-order valence-corrected chi connectivity index (χ0v) is 11.0. The highest BCUT2D eigenvalue weighted by Gasteiger charge is 2.27. The number of carbonyl (C=O) groups excluding carboxylic acids is 2. The smallest absolute Gasteiger partial charge is 0.240 e.